The number of hydrogen-bond acceptors (Lipinski definition) is 4. The normalized spacial score (nSPS) is 30.6. The molecule has 1 aromatic heterocycles. The highest BCUT2D eigenvalue weighted by molar-refractivity contribution is 8.04. The van der Waals surface area contributed by atoms with Crippen LogP contribution < -0.4 is 4.90 Å². The molecule has 12 rings (SSSR count). The Labute approximate surface area is 340 Å². The zero-order chi connectivity index (χ0) is 36.7. The van der Waals surface area contributed by atoms with E-state index in [9.17, 15) is 0 Å². The Balaban J connectivity index is 0.982. The number of benzene rings is 2. The maximum absolute atomic E-state index is 2.93. The topological polar surface area (TPSA) is 6.48 Å². The first kappa shape index (κ1) is 33.6. The quantitative estimate of drug-likeness (QED) is 0.231. The molecule has 7 unspecified atom stereocenters. The van der Waals surface area contributed by atoms with E-state index in [-0.39, 0.29) is 0 Å². The third-order valence-corrected chi connectivity index (χ3v) is 16.9. The summed E-state index contributed by atoms with van der Waals surface area (Å²) in [6.45, 7) is 0. The fourth-order valence-corrected chi connectivity index (χ4v) is 14.5. The number of hydrogen-bond donors (Lipinski definition) is 0. The molecule has 0 N–H and O–H groups in total. The zero-order valence-corrected chi connectivity index (χ0v) is 33.5. The minimum absolute atomic E-state index is 0.357. The molecule has 0 amide bonds. The van der Waals surface area contributed by atoms with E-state index in [0.29, 0.717) is 41.0 Å². The highest BCUT2D eigenvalue weighted by atomic mass is 32.2. The van der Waals surface area contributed by atoms with Crippen LogP contribution in [0.3, 0.4) is 0 Å². The van der Waals surface area contributed by atoms with Gasteiger partial charge < -0.3 is 9.80 Å². The van der Waals surface area contributed by atoms with Crippen molar-refractivity contribution in [3.8, 4) is 0 Å². The first-order chi connectivity index (χ1) is 27.8. The molecule has 278 valence electrons. The van der Waals surface area contributed by atoms with Gasteiger partial charge in [-0.2, -0.15) is 0 Å². The van der Waals surface area contributed by atoms with Crippen LogP contribution in [0.2, 0.25) is 0 Å². The van der Waals surface area contributed by atoms with Crippen LogP contribution >= 0.6 is 23.1 Å². The van der Waals surface area contributed by atoms with Gasteiger partial charge in [-0.25, -0.2) is 0 Å². The van der Waals surface area contributed by atoms with Gasteiger partial charge in [-0.15, -0.1) is 23.1 Å². The second-order valence-electron chi connectivity index (χ2n) is 17.0. The van der Waals surface area contributed by atoms with E-state index in [2.05, 4.69) is 161 Å². The first-order valence-corrected chi connectivity index (χ1v) is 23.0. The fourth-order valence-electron chi connectivity index (χ4n) is 11.7. The molecule has 2 heterocycles. The highest BCUT2D eigenvalue weighted by Gasteiger charge is 2.46. The summed E-state index contributed by atoms with van der Waals surface area (Å²) in [6, 6.07) is 21.1. The Morgan fingerprint density at radius 1 is 0.750 bits per heavy atom. The molecule has 0 radical (unpaired) electrons. The average Bonchev–Trinajstić information content (AvgIpc) is 3.84. The Kier molecular flexibility index (Phi) is 8.14. The van der Waals surface area contributed by atoms with Crippen molar-refractivity contribution >= 4 is 44.9 Å². The molecule has 2 aromatic carbocycles. The average molecular weight is 765 g/mol. The summed E-state index contributed by atoms with van der Waals surface area (Å²) in [4.78, 5) is 8.75. The van der Waals surface area contributed by atoms with E-state index < -0.39 is 0 Å². The van der Waals surface area contributed by atoms with Crippen molar-refractivity contribution in [1.29, 1.82) is 0 Å². The molecule has 9 aliphatic rings. The van der Waals surface area contributed by atoms with Gasteiger partial charge in [0.05, 0.1) is 11.3 Å². The van der Waals surface area contributed by atoms with Crippen molar-refractivity contribution in [1.82, 2.24) is 4.90 Å². The van der Waals surface area contributed by atoms with Gasteiger partial charge in [-0.05, 0) is 127 Å². The maximum atomic E-state index is 2.93. The summed E-state index contributed by atoms with van der Waals surface area (Å²) in [5.41, 5.74) is 13.5. The summed E-state index contributed by atoms with van der Waals surface area (Å²) in [5, 5.41) is 1.81. The fraction of sp³-hybridized carbons (Fsp3) is 0.308. The standard InChI is InChI=1S/C52H48N2S2/c1-3-13-35(14-4-1)53(45-21-11-19-39-37-17-7-9-23-47(37)55-51(39)45)43-31-27-33-26-30-42-44(32-28-34-25-29-41(43)49(33)50(34)42)54(36-15-5-2-6-16-36)46-22-12-20-40-38-18-8-10-24-48(38)56-52(40)46/h1,3-5,7-8,10-15,17-21,24-25,27,29,31-34,36,39,46,49,51H,2,6,9,16,22-23,26,28,30H2. The Bertz CT molecular complexity index is 2490. The van der Waals surface area contributed by atoms with Crippen molar-refractivity contribution in [3.05, 3.63) is 188 Å². The molecule has 8 aliphatic carbocycles. The molecule has 0 bridgehead atoms. The summed E-state index contributed by atoms with van der Waals surface area (Å²) >= 11 is 4.17. The predicted octanol–water partition coefficient (Wildman–Crippen LogP) is 13.7. The van der Waals surface area contributed by atoms with Crippen molar-refractivity contribution in [2.45, 2.75) is 75.1 Å². The molecule has 2 nitrogen and oxygen atoms in total. The minimum Gasteiger partial charge on any atom is -0.357 e. The third-order valence-electron chi connectivity index (χ3n) is 14.1. The highest BCUT2D eigenvalue weighted by Crippen LogP contribution is 2.58. The molecular formula is C52H48N2S2. The number of rotatable bonds is 6. The Hall–Kier alpha value is -4.51. The number of para-hydroxylation sites is 1. The van der Waals surface area contributed by atoms with Crippen LogP contribution in [-0.2, 0) is 0 Å². The molecule has 1 aliphatic heterocycles. The monoisotopic (exact) mass is 764 g/mol. The lowest BCUT2D eigenvalue weighted by Crippen LogP contribution is -2.42. The van der Waals surface area contributed by atoms with Crippen molar-refractivity contribution < 1.29 is 0 Å². The van der Waals surface area contributed by atoms with Gasteiger partial charge in [0.15, 0.2) is 0 Å². The van der Waals surface area contributed by atoms with E-state index >= 15 is 0 Å². The van der Waals surface area contributed by atoms with Crippen LogP contribution in [0, 0.1) is 23.7 Å². The van der Waals surface area contributed by atoms with Crippen molar-refractivity contribution in [2.24, 2.45) is 23.7 Å². The summed E-state index contributed by atoms with van der Waals surface area (Å²) in [7, 11) is 0. The molecule has 0 saturated heterocycles. The van der Waals surface area contributed by atoms with Gasteiger partial charge >= 0.3 is 0 Å². The number of anilines is 1. The maximum Gasteiger partial charge on any atom is 0.0682 e. The number of allylic oxidation sites excluding steroid dienone is 16. The number of fused-ring (bicyclic) bond motifs is 5. The van der Waals surface area contributed by atoms with Crippen LogP contribution in [0.4, 0.5) is 5.69 Å². The second kappa shape index (κ2) is 13.6. The molecule has 3 aromatic rings. The molecule has 56 heavy (non-hydrogen) atoms. The van der Waals surface area contributed by atoms with E-state index in [1.54, 1.807) is 32.2 Å². The van der Waals surface area contributed by atoms with Gasteiger partial charge in [0.2, 0.25) is 0 Å². The first-order valence-electron chi connectivity index (χ1n) is 21.3. The summed E-state index contributed by atoms with van der Waals surface area (Å²) in [6.07, 6.45) is 45.5. The summed E-state index contributed by atoms with van der Waals surface area (Å²) < 4.78 is 1.42. The lowest BCUT2D eigenvalue weighted by molar-refractivity contribution is 0.199. The van der Waals surface area contributed by atoms with Crippen LogP contribution in [0.15, 0.2) is 178 Å². The van der Waals surface area contributed by atoms with Gasteiger partial charge in [0.1, 0.15) is 0 Å². The number of thioether (sulfide) groups is 1. The van der Waals surface area contributed by atoms with Gasteiger partial charge in [0, 0.05) is 61.5 Å². The van der Waals surface area contributed by atoms with E-state index in [0.717, 1.165) is 25.7 Å². The minimum atomic E-state index is 0.357. The smallest absolute Gasteiger partial charge is 0.0682 e. The van der Waals surface area contributed by atoms with Crippen LogP contribution in [0.25, 0.3) is 16.2 Å². The molecule has 7 atom stereocenters. The van der Waals surface area contributed by atoms with Crippen molar-refractivity contribution in [3.63, 3.8) is 0 Å². The van der Waals surface area contributed by atoms with E-state index in [1.165, 1.54) is 70.4 Å². The SMILES string of the molecule is C1=CC2C3=C(CCC=C3)SC2C(N(C2=C3C=CC4CC=C(N(C5C=CCCC5)C5CC=Cc6c5sc5ccccc65)C5=C4C3C(C=C2)CC5)c2ccccc2)=C1. The van der Waals surface area contributed by atoms with Gasteiger partial charge in [-0.3, -0.25) is 0 Å². The second-order valence-corrected chi connectivity index (χ2v) is 19.3. The lowest BCUT2D eigenvalue weighted by Gasteiger charge is -2.50. The van der Waals surface area contributed by atoms with E-state index in [4.69, 9.17) is 0 Å². The molecule has 4 heteroatoms. The van der Waals surface area contributed by atoms with Gasteiger partial charge in [0.25, 0.3) is 0 Å². The third kappa shape index (κ3) is 5.21. The molecular weight excluding hydrogens is 717 g/mol. The Morgan fingerprint density at radius 2 is 1.68 bits per heavy atom. The largest absolute Gasteiger partial charge is 0.357 e. The van der Waals surface area contributed by atoms with Gasteiger partial charge in [-0.1, -0.05) is 109 Å². The number of thiophene rings is 1. The van der Waals surface area contributed by atoms with Crippen LogP contribution in [0.5, 0.6) is 0 Å². The lowest BCUT2D eigenvalue weighted by atomic mass is 9.60. The molecule has 0 saturated carbocycles. The zero-order valence-electron chi connectivity index (χ0n) is 31.9. The summed E-state index contributed by atoms with van der Waals surface area (Å²) in [5.74, 6) is 1.87. The predicted molar refractivity (Wildman–Crippen MR) is 238 cm³/mol. The van der Waals surface area contributed by atoms with Crippen LogP contribution in [-0.4, -0.2) is 16.2 Å². The Morgan fingerprint density at radius 3 is 2.61 bits per heavy atom. The molecule has 0 fully saturated rings. The number of nitrogens with zero attached hydrogens (tertiary/aromatic N) is 2. The van der Waals surface area contributed by atoms with E-state index in [1.807, 2.05) is 11.3 Å². The van der Waals surface area contributed by atoms with Crippen LogP contribution in [0.1, 0.15) is 74.3 Å². The van der Waals surface area contributed by atoms with Crippen molar-refractivity contribution in [2.75, 3.05) is 4.90 Å². The molecule has 0 spiro atoms.